The summed E-state index contributed by atoms with van der Waals surface area (Å²) >= 11 is 7.39. The number of halogens is 2. The number of carbonyl (C=O) groups is 2. The van der Waals surface area contributed by atoms with Crippen LogP contribution in [0, 0.1) is 19.7 Å². The summed E-state index contributed by atoms with van der Waals surface area (Å²) in [5.74, 6) is -0.982. The van der Waals surface area contributed by atoms with E-state index in [0.29, 0.717) is 22.3 Å². The summed E-state index contributed by atoms with van der Waals surface area (Å²) < 4.78 is 13.5. The summed E-state index contributed by atoms with van der Waals surface area (Å²) in [6.07, 6.45) is 0.543. The maximum absolute atomic E-state index is 13.5. The third-order valence-electron chi connectivity index (χ3n) is 6.30. The molecule has 2 aliphatic rings. The van der Waals surface area contributed by atoms with E-state index in [0.717, 1.165) is 28.0 Å². The van der Waals surface area contributed by atoms with Gasteiger partial charge < -0.3 is 5.32 Å². The van der Waals surface area contributed by atoms with Crippen LogP contribution in [0.25, 0.3) is 0 Å². The van der Waals surface area contributed by atoms with Crippen LogP contribution in [0.3, 0.4) is 0 Å². The molecule has 0 radical (unpaired) electrons. The van der Waals surface area contributed by atoms with Crippen LogP contribution < -0.4 is 5.32 Å². The molecular formula is C28H24ClFN4O2S. The van der Waals surface area contributed by atoms with E-state index in [-0.39, 0.29) is 30.1 Å². The van der Waals surface area contributed by atoms with Gasteiger partial charge in [0.1, 0.15) is 11.1 Å². The highest BCUT2D eigenvalue weighted by Crippen LogP contribution is 2.38. The molecule has 2 amide bonds. The maximum Gasteiger partial charge on any atom is 0.262 e. The van der Waals surface area contributed by atoms with E-state index in [2.05, 4.69) is 10.3 Å². The number of thioether (sulfide) groups is 1. The fraction of sp³-hybridized carbons (Fsp3) is 0.214. The highest BCUT2D eigenvalue weighted by atomic mass is 35.5. The van der Waals surface area contributed by atoms with Crippen LogP contribution in [0.2, 0.25) is 5.02 Å². The zero-order chi connectivity index (χ0) is 26.1. The second-order valence-corrected chi connectivity index (χ2v) is 10.7. The molecule has 0 bridgehead atoms. The molecule has 3 aromatic carbocycles. The summed E-state index contributed by atoms with van der Waals surface area (Å²) in [6.45, 7) is 3.90. The molecule has 0 saturated carbocycles. The van der Waals surface area contributed by atoms with Gasteiger partial charge in [-0.05, 0) is 54.8 Å². The number of hydrogen-bond donors (Lipinski definition) is 1. The lowest BCUT2D eigenvalue weighted by atomic mass is 9.98. The van der Waals surface area contributed by atoms with Crippen LogP contribution >= 0.6 is 23.4 Å². The first-order valence-corrected chi connectivity index (χ1v) is 13.1. The highest BCUT2D eigenvalue weighted by Gasteiger charge is 2.39. The zero-order valence-corrected chi connectivity index (χ0v) is 21.8. The van der Waals surface area contributed by atoms with E-state index in [1.807, 2.05) is 44.2 Å². The molecule has 0 aliphatic carbocycles. The molecule has 2 unspecified atom stereocenters. The number of amidine groups is 1. The maximum atomic E-state index is 13.5. The van der Waals surface area contributed by atoms with E-state index >= 15 is 0 Å². The first kappa shape index (κ1) is 25.2. The summed E-state index contributed by atoms with van der Waals surface area (Å²) in [6, 6.07) is 19.4. The van der Waals surface area contributed by atoms with E-state index in [4.69, 9.17) is 16.7 Å². The van der Waals surface area contributed by atoms with Gasteiger partial charge in [-0.15, -0.1) is 0 Å². The summed E-state index contributed by atoms with van der Waals surface area (Å²) in [5.41, 5.74) is 5.23. The zero-order valence-electron chi connectivity index (χ0n) is 20.2. The molecule has 37 heavy (non-hydrogen) atoms. The van der Waals surface area contributed by atoms with Crippen LogP contribution in [0.5, 0.6) is 0 Å². The first-order valence-electron chi connectivity index (χ1n) is 11.8. The Labute approximate surface area is 223 Å². The van der Waals surface area contributed by atoms with Crippen molar-refractivity contribution in [2.75, 3.05) is 5.32 Å². The number of anilines is 1. The van der Waals surface area contributed by atoms with E-state index < -0.39 is 5.25 Å². The Morgan fingerprint density at radius 3 is 2.54 bits per heavy atom. The molecule has 2 atom stereocenters. The van der Waals surface area contributed by atoms with Crippen molar-refractivity contribution in [1.29, 1.82) is 0 Å². The third kappa shape index (κ3) is 5.60. The van der Waals surface area contributed by atoms with Gasteiger partial charge >= 0.3 is 0 Å². The number of rotatable bonds is 5. The van der Waals surface area contributed by atoms with Gasteiger partial charge in [-0.3, -0.25) is 9.59 Å². The fourth-order valence-corrected chi connectivity index (χ4v) is 5.45. The Bertz CT molecular complexity index is 1420. The number of benzene rings is 3. The minimum absolute atomic E-state index is 0.0282. The van der Waals surface area contributed by atoms with Gasteiger partial charge in [0.25, 0.3) is 5.91 Å². The normalized spacial score (nSPS) is 19.1. The quantitative estimate of drug-likeness (QED) is 0.418. The van der Waals surface area contributed by atoms with Gasteiger partial charge in [0, 0.05) is 23.6 Å². The molecule has 0 saturated heterocycles. The molecule has 2 heterocycles. The number of aryl methyl sites for hydroxylation is 2. The molecule has 2 aliphatic heterocycles. The van der Waals surface area contributed by atoms with E-state index in [1.165, 1.54) is 23.9 Å². The third-order valence-corrected chi connectivity index (χ3v) is 7.85. The van der Waals surface area contributed by atoms with Crippen molar-refractivity contribution >= 4 is 51.7 Å². The van der Waals surface area contributed by atoms with Gasteiger partial charge in [0.05, 0.1) is 11.8 Å². The lowest BCUT2D eigenvalue weighted by Gasteiger charge is -2.23. The fourth-order valence-electron chi connectivity index (χ4n) is 4.21. The molecule has 1 N–H and O–H groups in total. The number of nitrogens with zero attached hydrogens (tertiary/aromatic N) is 3. The molecule has 0 spiro atoms. The standard InChI is InChI=1S/C28H24ClFN4O2S/c1-16-3-6-19(7-4-16)24-14-23(18-8-10-20(30)11-9-18)33-34(24)28-32-27(36)25(37-28)15-26(35)31-21-12-5-17(2)22(29)13-21/h3-13,24-25H,14-15H2,1-2H3,(H,31,35). The monoisotopic (exact) mass is 534 g/mol. The van der Waals surface area contributed by atoms with Gasteiger partial charge in [-0.1, -0.05) is 71.4 Å². The van der Waals surface area contributed by atoms with Gasteiger partial charge in [-0.2, -0.15) is 10.1 Å². The predicted molar refractivity (Wildman–Crippen MR) is 147 cm³/mol. The number of hydrazone groups is 1. The number of hydrogen-bond acceptors (Lipinski definition) is 5. The van der Waals surface area contributed by atoms with Crippen LogP contribution in [0.15, 0.2) is 76.8 Å². The number of carbonyl (C=O) groups excluding carboxylic acids is 2. The molecular weight excluding hydrogens is 511 g/mol. The Hall–Kier alpha value is -3.49. The lowest BCUT2D eigenvalue weighted by molar-refractivity contribution is -0.121. The molecule has 188 valence electrons. The first-order chi connectivity index (χ1) is 17.8. The average molecular weight is 535 g/mol. The topological polar surface area (TPSA) is 74.1 Å². The largest absolute Gasteiger partial charge is 0.326 e. The molecule has 5 rings (SSSR count). The molecule has 0 aromatic heterocycles. The SMILES string of the molecule is Cc1ccc(C2CC(c3ccc(F)cc3)=NN2C2=NC(=O)C(CC(=O)Nc3ccc(C)c(Cl)c3)S2)cc1. The molecule has 9 heteroatoms. The number of amides is 2. The van der Waals surface area contributed by atoms with Crippen molar-refractivity contribution in [1.82, 2.24) is 5.01 Å². The molecule has 0 fully saturated rings. The van der Waals surface area contributed by atoms with Crippen LogP contribution in [0.4, 0.5) is 10.1 Å². The summed E-state index contributed by atoms with van der Waals surface area (Å²) in [4.78, 5) is 29.7. The molecule has 6 nitrogen and oxygen atoms in total. The Morgan fingerprint density at radius 1 is 1.11 bits per heavy atom. The number of nitrogens with one attached hydrogen (secondary N) is 1. The second kappa shape index (κ2) is 10.5. The van der Waals surface area contributed by atoms with Gasteiger partial charge in [0.2, 0.25) is 5.91 Å². The van der Waals surface area contributed by atoms with Crippen molar-refractivity contribution in [2.24, 2.45) is 10.1 Å². The van der Waals surface area contributed by atoms with Crippen molar-refractivity contribution in [3.8, 4) is 0 Å². The van der Waals surface area contributed by atoms with E-state index in [1.54, 1.807) is 29.3 Å². The van der Waals surface area contributed by atoms with Crippen molar-refractivity contribution in [3.05, 3.63) is 99.8 Å². The van der Waals surface area contributed by atoms with Crippen molar-refractivity contribution < 1.29 is 14.0 Å². The summed E-state index contributed by atoms with van der Waals surface area (Å²) in [7, 11) is 0. The van der Waals surface area contributed by atoms with E-state index in [9.17, 15) is 14.0 Å². The lowest BCUT2D eigenvalue weighted by Crippen LogP contribution is -2.25. The minimum atomic E-state index is -0.653. The summed E-state index contributed by atoms with van der Waals surface area (Å²) in [5, 5.41) is 9.70. The molecule has 3 aromatic rings. The Balaban J connectivity index is 1.34. The van der Waals surface area contributed by atoms with Crippen molar-refractivity contribution in [2.45, 2.75) is 38.0 Å². The second-order valence-electron chi connectivity index (χ2n) is 9.08. The highest BCUT2D eigenvalue weighted by molar-refractivity contribution is 8.15. The van der Waals surface area contributed by atoms with Gasteiger partial charge in [0.15, 0.2) is 5.17 Å². The van der Waals surface area contributed by atoms with Crippen LogP contribution in [0.1, 0.15) is 41.1 Å². The minimum Gasteiger partial charge on any atom is -0.326 e. The average Bonchev–Trinajstić information content (AvgIpc) is 3.46. The van der Waals surface area contributed by atoms with Crippen LogP contribution in [-0.4, -0.2) is 33.0 Å². The van der Waals surface area contributed by atoms with Crippen molar-refractivity contribution in [3.63, 3.8) is 0 Å². The predicted octanol–water partition coefficient (Wildman–Crippen LogP) is 6.27. The Morgan fingerprint density at radius 2 is 1.84 bits per heavy atom. The smallest absolute Gasteiger partial charge is 0.262 e. The van der Waals surface area contributed by atoms with Crippen LogP contribution in [-0.2, 0) is 9.59 Å². The number of aliphatic imine (C=N–C) groups is 1. The van der Waals surface area contributed by atoms with Gasteiger partial charge in [-0.25, -0.2) is 9.40 Å². The Kier molecular flexibility index (Phi) is 7.13.